The summed E-state index contributed by atoms with van der Waals surface area (Å²) >= 11 is 3.42. The molecule has 1 fully saturated rings. The minimum Gasteiger partial charge on any atom is -0.339 e. The van der Waals surface area contributed by atoms with Crippen LogP contribution in [0.3, 0.4) is 0 Å². The van der Waals surface area contributed by atoms with Gasteiger partial charge in [0.1, 0.15) is 0 Å². The summed E-state index contributed by atoms with van der Waals surface area (Å²) in [5, 5.41) is 2.95. The number of anilines is 1. The predicted molar refractivity (Wildman–Crippen MR) is 108 cm³/mol. The van der Waals surface area contributed by atoms with Crippen molar-refractivity contribution >= 4 is 39.5 Å². The fourth-order valence-electron chi connectivity index (χ4n) is 3.01. The Morgan fingerprint density at radius 2 is 1.77 bits per heavy atom. The zero-order chi connectivity index (χ0) is 18.4. The Morgan fingerprint density at radius 1 is 1.04 bits per heavy atom. The first kappa shape index (κ1) is 18.4. The van der Waals surface area contributed by atoms with Gasteiger partial charge >= 0.3 is 0 Å². The van der Waals surface area contributed by atoms with Gasteiger partial charge in [0, 0.05) is 35.2 Å². The average Bonchev–Trinajstić information content (AvgIpc) is 2.67. The van der Waals surface area contributed by atoms with Gasteiger partial charge in [0.25, 0.3) is 0 Å². The van der Waals surface area contributed by atoms with Gasteiger partial charge in [-0.1, -0.05) is 46.3 Å². The molecule has 0 aromatic heterocycles. The molecule has 0 unspecified atom stereocenters. The quantitative estimate of drug-likeness (QED) is 0.759. The average molecular weight is 413 g/mol. The van der Waals surface area contributed by atoms with Gasteiger partial charge in [0.15, 0.2) is 0 Å². The molecule has 0 bridgehead atoms. The molecule has 26 heavy (non-hydrogen) atoms. The number of hydrogen-bond donors (Lipinski definition) is 1. The molecule has 1 aliphatic heterocycles. The van der Waals surface area contributed by atoms with Gasteiger partial charge in [-0.3, -0.25) is 9.59 Å². The highest BCUT2D eigenvalue weighted by Crippen LogP contribution is 2.20. The Balaban J connectivity index is 1.50. The maximum atomic E-state index is 12.4. The van der Waals surface area contributed by atoms with Crippen LogP contribution in [0.1, 0.15) is 18.4 Å². The number of halogens is 1. The molecule has 1 saturated heterocycles. The summed E-state index contributed by atoms with van der Waals surface area (Å²) in [7, 11) is 0. The smallest absolute Gasteiger partial charge is 0.246 e. The van der Waals surface area contributed by atoms with Crippen LogP contribution in [-0.2, 0) is 9.59 Å². The van der Waals surface area contributed by atoms with Gasteiger partial charge in [0.05, 0.1) is 0 Å². The SMILES string of the molecule is O=C(Nc1ccccc1)C1CCN(C(=O)/C=C/c2cccc(Br)c2)CC1. The largest absolute Gasteiger partial charge is 0.339 e. The number of para-hydroxylation sites is 1. The van der Waals surface area contributed by atoms with E-state index in [1.807, 2.05) is 60.7 Å². The van der Waals surface area contributed by atoms with Crippen LogP contribution in [-0.4, -0.2) is 29.8 Å². The van der Waals surface area contributed by atoms with E-state index >= 15 is 0 Å². The van der Waals surface area contributed by atoms with E-state index in [0.717, 1.165) is 15.7 Å². The zero-order valence-electron chi connectivity index (χ0n) is 14.4. The lowest BCUT2D eigenvalue weighted by Gasteiger charge is -2.30. The monoisotopic (exact) mass is 412 g/mol. The van der Waals surface area contributed by atoms with Crippen LogP contribution in [0.2, 0.25) is 0 Å². The zero-order valence-corrected chi connectivity index (χ0v) is 16.0. The topological polar surface area (TPSA) is 49.4 Å². The minimum absolute atomic E-state index is 0.00751. The third-order valence-electron chi connectivity index (χ3n) is 4.49. The van der Waals surface area contributed by atoms with Gasteiger partial charge < -0.3 is 10.2 Å². The Kier molecular flexibility index (Phi) is 6.23. The van der Waals surface area contributed by atoms with E-state index in [0.29, 0.717) is 25.9 Å². The fraction of sp³-hybridized carbons (Fsp3) is 0.238. The molecule has 0 saturated carbocycles. The molecule has 2 amide bonds. The van der Waals surface area contributed by atoms with Crippen LogP contribution in [0.4, 0.5) is 5.69 Å². The number of benzene rings is 2. The summed E-state index contributed by atoms with van der Waals surface area (Å²) in [6.07, 6.45) is 4.80. The molecule has 1 N–H and O–H groups in total. The summed E-state index contributed by atoms with van der Waals surface area (Å²) < 4.78 is 0.984. The number of nitrogens with zero attached hydrogens (tertiary/aromatic N) is 1. The Hall–Kier alpha value is -2.40. The number of amides is 2. The second-order valence-electron chi connectivity index (χ2n) is 6.34. The van der Waals surface area contributed by atoms with Crippen molar-refractivity contribution in [3.63, 3.8) is 0 Å². The van der Waals surface area contributed by atoms with E-state index in [4.69, 9.17) is 0 Å². The van der Waals surface area contributed by atoms with E-state index in [-0.39, 0.29) is 17.7 Å². The highest BCUT2D eigenvalue weighted by atomic mass is 79.9. The molecule has 2 aromatic rings. The van der Waals surface area contributed by atoms with Crippen molar-refractivity contribution in [1.82, 2.24) is 4.90 Å². The van der Waals surface area contributed by atoms with Crippen molar-refractivity contribution in [1.29, 1.82) is 0 Å². The maximum absolute atomic E-state index is 12.4. The van der Waals surface area contributed by atoms with Crippen LogP contribution >= 0.6 is 15.9 Å². The molecule has 0 atom stereocenters. The molecule has 5 heteroatoms. The molecule has 0 spiro atoms. The summed E-state index contributed by atoms with van der Waals surface area (Å²) in [5.74, 6) is -0.0202. The number of carbonyl (C=O) groups excluding carboxylic acids is 2. The summed E-state index contributed by atoms with van der Waals surface area (Å²) in [4.78, 5) is 26.5. The van der Waals surface area contributed by atoms with Gasteiger partial charge in [-0.25, -0.2) is 0 Å². The molecule has 2 aromatic carbocycles. The molecule has 4 nitrogen and oxygen atoms in total. The fourth-order valence-corrected chi connectivity index (χ4v) is 3.43. The third-order valence-corrected chi connectivity index (χ3v) is 4.98. The van der Waals surface area contributed by atoms with Crippen molar-refractivity contribution in [3.05, 3.63) is 70.7 Å². The maximum Gasteiger partial charge on any atom is 0.246 e. The van der Waals surface area contributed by atoms with Crippen molar-refractivity contribution in [2.24, 2.45) is 5.92 Å². The van der Waals surface area contributed by atoms with Crippen LogP contribution in [0.15, 0.2) is 65.1 Å². The van der Waals surface area contributed by atoms with Gasteiger partial charge in [-0.05, 0) is 48.7 Å². The lowest BCUT2D eigenvalue weighted by molar-refractivity contribution is -0.130. The normalized spacial score (nSPS) is 15.2. The Morgan fingerprint density at radius 3 is 2.46 bits per heavy atom. The van der Waals surface area contributed by atoms with Gasteiger partial charge in [0.2, 0.25) is 11.8 Å². The molecular weight excluding hydrogens is 392 g/mol. The van der Waals surface area contributed by atoms with E-state index in [2.05, 4.69) is 21.2 Å². The number of nitrogens with one attached hydrogen (secondary N) is 1. The second kappa shape index (κ2) is 8.81. The van der Waals surface area contributed by atoms with Gasteiger partial charge in [-0.2, -0.15) is 0 Å². The molecule has 1 aliphatic rings. The minimum atomic E-state index is -0.0479. The summed E-state index contributed by atoms with van der Waals surface area (Å²) in [6, 6.07) is 17.3. The molecular formula is C21H21BrN2O2. The van der Waals surface area contributed by atoms with Crippen molar-refractivity contribution < 1.29 is 9.59 Å². The highest BCUT2D eigenvalue weighted by Gasteiger charge is 2.26. The highest BCUT2D eigenvalue weighted by molar-refractivity contribution is 9.10. The van der Waals surface area contributed by atoms with Crippen LogP contribution in [0.5, 0.6) is 0 Å². The van der Waals surface area contributed by atoms with E-state index in [1.165, 1.54) is 0 Å². The van der Waals surface area contributed by atoms with E-state index in [9.17, 15) is 9.59 Å². The van der Waals surface area contributed by atoms with Crippen molar-refractivity contribution in [2.75, 3.05) is 18.4 Å². The Labute approximate surface area is 162 Å². The van der Waals surface area contributed by atoms with Crippen LogP contribution in [0.25, 0.3) is 6.08 Å². The molecule has 0 aliphatic carbocycles. The standard InChI is InChI=1S/C21H21BrN2O2/c22-18-6-4-5-16(15-18)9-10-20(25)24-13-11-17(12-14-24)21(26)23-19-7-2-1-3-8-19/h1-10,15,17H,11-14H2,(H,23,26)/b10-9+. The van der Waals surface area contributed by atoms with E-state index < -0.39 is 0 Å². The lowest BCUT2D eigenvalue weighted by Crippen LogP contribution is -2.40. The first-order valence-corrected chi connectivity index (χ1v) is 9.49. The summed E-state index contributed by atoms with van der Waals surface area (Å²) in [6.45, 7) is 1.21. The van der Waals surface area contributed by atoms with Crippen LogP contribution < -0.4 is 5.32 Å². The Bertz CT molecular complexity index is 797. The van der Waals surface area contributed by atoms with Crippen LogP contribution in [0, 0.1) is 5.92 Å². The summed E-state index contributed by atoms with van der Waals surface area (Å²) in [5.41, 5.74) is 1.79. The van der Waals surface area contributed by atoms with Crippen molar-refractivity contribution in [2.45, 2.75) is 12.8 Å². The molecule has 0 radical (unpaired) electrons. The molecule has 3 rings (SSSR count). The number of hydrogen-bond acceptors (Lipinski definition) is 2. The van der Waals surface area contributed by atoms with E-state index in [1.54, 1.807) is 11.0 Å². The lowest BCUT2D eigenvalue weighted by atomic mass is 9.95. The first-order chi connectivity index (χ1) is 12.6. The van der Waals surface area contributed by atoms with Crippen molar-refractivity contribution in [3.8, 4) is 0 Å². The molecule has 1 heterocycles. The third kappa shape index (κ3) is 5.05. The number of piperidine rings is 1. The molecule has 134 valence electrons. The second-order valence-corrected chi connectivity index (χ2v) is 7.26. The van der Waals surface area contributed by atoms with Gasteiger partial charge in [-0.15, -0.1) is 0 Å². The number of carbonyl (C=O) groups is 2. The number of rotatable bonds is 4. The predicted octanol–water partition coefficient (Wildman–Crippen LogP) is 4.34. The number of likely N-dealkylation sites (tertiary alicyclic amines) is 1. The first-order valence-electron chi connectivity index (χ1n) is 8.70.